The Morgan fingerprint density at radius 1 is 0.806 bits per heavy atom. The molecule has 160 valence electrons. The van der Waals surface area contributed by atoms with E-state index in [1.54, 1.807) is 25.3 Å². The summed E-state index contributed by atoms with van der Waals surface area (Å²) >= 11 is 13.1. The molecule has 0 fully saturated rings. The van der Waals surface area contributed by atoms with Gasteiger partial charge in [0.05, 0.1) is 30.0 Å². The van der Waals surface area contributed by atoms with E-state index in [1.807, 2.05) is 60.7 Å². The van der Waals surface area contributed by atoms with Gasteiger partial charge >= 0.3 is 0 Å². The molecule has 0 spiro atoms. The molecule has 31 heavy (non-hydrogen) atoms. The van der Waals surface area contributed by atoms with Crippen molar-refractivity contribution in [2.24, 2.45) is 0 Å². The summed E-state index contributed by atoms with van der Waals surface area (Å²) in [7, 11) is -0.330. The van der Waals surface area contributed by atoms with Gasteiger partial charge in [-0.3, -0.25) is 4.57 Å². The number of halogens is 2. The van der Waals surface area contributed by atoms with E-state index in [4.69, 9.17) is 32.7 Å². The molecule has 0 aliphatic rings. The van der Waals surface area contributed by atoms with Crippen molar-refractivity contribution in [3.8, 4) is 11.5 Å². The van der Waals surface area contributed by atoms with Crippen molar-refractivity contribution in [3.05, 3.63) is 102 Å². The molecular weight excluding hydrogens is 452 g/mol. The first kappa shape index (κ1) is 23.0. The Hall–Kier alpha value is -2.65. The topological polar surface area (TPSA) is 47.6 Å². The second kappa shape index (κ2) is 10.6. The smallest absolute Gasteiger partial charge is 0.216 e. The zero-order valence-electron chi connectivity index (χ0n) is 17.1. The third-order valence-corrected chi connectivity index (χ3v) is 7.24. The van der Waals surface area contributed by atoms with Gasteiger partial charge in [0.25, 0.3) is 0 Å². The number of hydrogen-bond acceptors (Lipinski definition) is 3. The van der Waals surface area contributed by atoms with Crippen LogP contribution in [-0.4, -0.2) is 14.2 Å². The molecule has 0 aromatic heterocycles. The minimum absolute atomic E-state index is 0.340. The third kappa shape index (κ3) is 6.18. The fourth-order valence-corrected chi connectivity index (χ4v) is 5.72. The number of benzene rings is 3. The zero-order valence-corrected chi connectivity index (χ0v) is 19.5. The maximum absolute atomic E-state index is 14.1. The summed E-state index contributed by atoms with van der Waals surface area (Å²) in [4.78, 5) is 0. The molecule has 4 nitrogen and oxygen atoms in total. The van der Waals surface area contributed by atoms with Gasteiger partial charge < -0.3 is 14.6 Å². The predicted octanol–water partition coefficient (Wildman–Crippen LogP) is 7.87. The van der Waals surface area contributed by atoms with Gasteiger partial charge in [0.1, 0.15) is 11.5 Å². The first-order valence-electron chi connectivity index (χ1n) is 9.41. The fourth-order valence-electron chi connectivity index (χ4n) is 2.87. The van der Waals surface area contributed by atoms with Crippen LogP contribution in [-0.2, 0) is 4.57 Å². The average molecular weight is 474 g/mol. The minimum Gasteiger partial charge on any atom is -0.497 e. The van der Waals surface area contributed by atoms with Gasteiger partial charge in [0.15, 0.2) is 0 Å². The molecule has 0 atom stereocenters. The largest absolute Gasteiger partial charge is 0.497 e. The Morgan fingerprint density at radius 3 is 1.77 bits per heavy atom. The Morgan fingerprint density at radius 2 is 1.32 bits per heavy atom. The molecule has 0 heterocycles. The van der Waals surface area contributed by atoms with Crippen LogP contribution in [0, 0.1) is 0 Å². The van der Waals surface area contributed by atoms with E-state index >= 15 is 0 Å². The van der Waals surface area contributed by atoms with Crippen molar-refractivity contribution >= 4 is 46.2 Å². The lowest BCUT2D eigenvalue weighted by Crippen LogP contribution is -1.98. The van der Waals surface area contributed by atoms with Gasteiger partial charge in [-0.25, -0.2) is 0 Å². The standard InChI is InChI=1S/C24H22Cl2NO3P/c1-29-20-13-14-24(30-2)23(15-20)27-31(28,16-21(25)18-9-5-3-6-10-18)17-22(26)19-11-7-4-8-12-19/h3-17H,1-2H3,(H,27,28). The van der Waals surface area contributed by atoms with E-state index in [0.29, 0.717) is 27.3 Å². The molecule has 0 radical (unpaired) electrons. The highest BCUT2D eigenvalue weighted by Gasteiger charge is 2.22. The quantitative estimate of drug-likeness (QED) is 0.338. The maximum Gasteiger partial charge on any atom is 0.216 e. The summed E-state index contributed by atoms with van der Waals surface area (Å²) in [6.07, 6.45) is 0. The molecule has 7 heteroatoms. The highest BCUT2D eigenvalue weighted by molar-refractivity contribution is 7.72. The van der Waals surface area contributed by atoms with E-state index in [-0.39, 0.29) is 0 Å². The molecule has 0 saturated heterocycles. The van der Waals surface area contributed by atoms with Gasteiger partial charge in [0, 0.05) is 17.7 Å². The van der Waals surface area contributed by atoms with E-state index in [2.05, 4.69) is 5.09 Å². The van der Waals surface area contributed by atoms with Crippen molar-refractivity contribution < 1.29 is 14.0 Å². The monoisotopic (exact) mass is 473 g/mol. The van der Waals surface area contributed by atoms with Crippen LogP contribution in [0.1, 0.15) is 11.1 Å². The van der Waals surface area contributed by atoms with Crippen LogP contribution in [0.3, 0.4) is 0 Å². The molecule has 0 aliphatic heterocycles. The highest BCUT2D eigenvalue weighted by atomic mass is 35.5. The number of ether oxygens (including phenoxy) is 2. The summed E-state index contributed by atoms with van der Waals surface area (Å²) < 4.78 is 24.8. The number of methoxy groups -OCH3 is 2. The van der Waals surface area contributed by atoms with Gasteiger partial charge in [-0.05, 0) is 23.3 Å². The summed E-state index contributed by atoms with van der Waals surface area (Å²) in [6.45, 7) is 0. The van der Waals surface area contributed by atoms with Crippen molar-refractivity contribution in [1.29, 1.82) is 0 Å². The van der Waals surface area contributed by atoms with Crippen molar-refractivity contribution in [2.45, 2.75) is 0 Å². The van der Waals surface area contributed by atoms with Crippen molar-refractivity contribution in [1.82, 2.24) is 0 Å². The van der Waals surface area contributed by atoms with Crippen LogP contribution in [0.4, 0.5) is 5.69 Å². The Labute approximate surface area is 192 Å². The Balaban J connectivity index is 2.10. The molecule has 3 aromatic rings. The highest BCUT2D eigenvalue weighted by Crippen LogP contribution is 2.55. The number of hydrogen-bond donors (Lipinski definition) is 1. The number of rotatable bonds is 8. The summed E-state index contributed by atoms with van der Waals surface area (Å²) in [6, 6.07) is 23.8. The van der Waals surface area contributed by atoms with Crippen LogP contribution in [0.25, 0.3) is 10.1 Å². The lowest BCUT2D eigenvalue weighted by molar-refractivity contribution is 0.405. The second-order valence-electron chi connectivity index (χ2n) is 6.57. The predicted molar refractivity (Wildman–Crippen MR) is 131 cm³/mol. The maximum atomic E-state index is 14.1. The fraction of sp³-hybridized carbons (Fsp3) is 0.0833. The first-order valence-corrected chi connectivity index (χ1v) is 12.0. The van der Waals surface area contributed by atoms with Crippen molar-refractivity contribution in [3.63, 3.8) is 0 Å². The van der Waals surface area contributed by atoms with Crippen LogP contribution >= 0.6 is 30.5 Å². The molecular formula is C24H22Cl2NO3P. The molecule has 0 amide bonds. The molecule has 0 aliphatic carbocycles. The Bertz CT molecular complexity index is 1070. The zero-order chi connectivity index (χ0) is 22.3. The SMILES string of the molecule is COc1ccc(OC)c(NP(=O)(C=C(Cl)c2ccccc2)C=C(Cl)c2ccccc2)c1. The molecule has 3 rings (SSSR count). The van der Waals surface area contributed by atoms with E-state index in [1.165, 1.54) is 18.7 Å². The Kier molecular flexibility index (Phi) is 7.86. The van der Waals surface area contributed by atoms with E-state index in [9.17, 15) is 4.57 Å². The number of nitrogens with one attached hydrogen (secondary N) is 1. The van der Waals surface area contributed by atoms with Crippen LogP contribution in [0.2, 0.25) is 0 Å². The van der Waals surface area contributed by atoms with Crippen LogP contribution < -0.4 is 14.6 Å². The second-order valence-corrected chi connectivity index (χ2v) is 9.55. The molecule has 0 unspecified atom stereocenters. The van der Waals surface area contributed by atoms with E-state index in [0.717, 1.165) is 11.1 Å². The number of anilines is 1. The summed E-state index contributed by atoms with van der Waals surface area (Å²) in [5.74, 6) is 4.09. The van der Waals surface area contributed by atoms with Crippen LogP contribution in [0.5, 0.6) is 11.5 Å². The molecule has 1 N–H and O–H groups in total. The van der Waals surface area contributed by atoms with Crippen LogP contribution in [0.15, 0.2) is 90.5 Å². The minimum atomic E-state index is -3.43. The lowest BCUT2D eigenvalue weighted by Gasteiger charge is -2.18. The molecule has 3 aromatic carbocycles. The van der Waals surface area contributed by atoms with Gasteiger partial charge in [-0.2, -0.15) is 0 Å². The summed E-state index contributed by atoms with van der Waals surface area (Å²) in [5.41, 5.74) is 1.98. The molecule has 0 bridgehead atoms. The van der Waals surface area contributed by atoms with Crippen molar-refractivity contribution in [2.75, 3.05) is 19.3 Å². The van der Waals surface area contributed by atoms with E-state index < -0.39 is 7.29 Å². The van der Waals surface area contributed by atoms with Gasteiger partial charge in [-0.15, -0.1) is 0 Å². The van der Waals surface area contributed by atoms with Gasteiger partial charge in [-0.1, -0.05) is 83.9 Å². The first-order chi connectivity index (χ1) is 14.9. The summed E-state index contributed by atoms with van der Waals surface area (Å²) in [5, 5.41) is 3.76. The van der Waals surface area contributed by atoms with Gasteiger partial charge in [0.2, 0.25) is 7.29 Å². The molecule has 0 saturated carbocycles. The average Bonchev–Trinajstić information content (AvgIpc) is 2.79. The lowest BCUT2D eigenvalue weighted by atomic mass is 10.2. The third-order valence-electron chi connectivity index (χ3n) is 4.41. The normalized spacial score (nSPS) is 13.9.